The van der Waals surface area contributed by atoms with Crippen molar-refractivity contribution in [1.29, 1.82) is 0 Å². The molecule has 0 atom stereocenters. The van der Waals surface area contributed by atoms with Crippen LogP contribution in [0.25, 0.3) is 0 Å². The van der Waals surface area contributed by atoms with Gasteiger partial charge in [0.2, 0.25) is 0 Å². The molecule has 0 aliphatic rings. The molecule has 0 amide bonds. The van der Waals surface area contributed by atoms with Crippen LogP contribution in [0.3, 0.4) is 0 Å². The Balaban J connectivity index is 2.56. The van der Waals surface area contributed by atoms with Crippen LogP contribution in [-0.4, -0.2) is 55.4 Å². The molecule has 0 spiro atoms. The van der Waals surface area contributed by atoms with Gasteiger partial charge in [0, 0.05) is 26.0 Å². The van der Waals surface area contributed by atoms with Crippen molar-refractivity contribution in [3.63, 3.8) is 0 Å². The van der Waals surface area contributed by atoms with Crippen LogP contribution in [0.1, 0.15) is 31.5 Å². The number of aromatic nitrogens is 1. The summed E-state index contributed by atoms with van der Waals surface area (Å²) in [6.07, 6.45) is 0. The lowest BCUT2D eigenvalue weighted by Gasteiger charge is -2.23. The van der Waals surface area contributed by atoms with E-state index in [4.69, 9.17) is 0 Å². The van der Waals surface area contributed by atoms with Crippen LogP contribution in [-0.2, 0) is 16.4 Å². The molecular weight excluding hydrogens is 320 g/mol. The Hall–Kier alpha value is -1.15. The van der Waals surface area contributed by atoms with Crippen molar-refractivity contribution in [3.05, 3.63) is 16.1 Å². The quantitative estimate of drug-likeness (QED) is 0.648. The zero-order chi connectivity index (χ0) is 17.0. The standard InChI is InChI=1S/C14H26N4O2S2/c1-11-17-12(10-21-11)9-18(6)13(15-5)16-7-8-22(19,20)14(2,3)4/h10H,7-9H2,1-6H3,(H,15,16). The van der Waals surface area contributed by atoms with Gasteiger partial charge >= 0.3 is 0 Å². The molecule has 22 heavy (non-hydrogen) atoms. The van der Waals surface area contributed by atoms with Gasteiger partial charge in [-0.15, -0.1) is 11.3 Å². The lowest BCUT2D eigenvalue weighted by Crippen LogP contribution is -2.42. The third kappa shape index (κ3) is 5.24. The lowest BCUT2D eigenvalue weighted by atomic mass is 10.3. The maximum Gasteiger partial charge on any atom is 0.193 e. The molecule has 0 fully saturated rings. The summed E-state index contributed by atoms with van der Waals surface area (Å²) in [5, 5.41) is 6.14. The molecule has 0 saturated carbocycles. The Labute approximate surface area is 137 Å². The maximum absolute atomic E-state index is 12.1. The van der Waals surface area contributed by atoms with Crippen LogP contribution in [0.15, 0.2) is 10.4 Å². The zero-order valence-corrected chi connectivity index (χ0v) is 15.8. The number of thiazole rings is 1. The van der Waals surface area contributed by atoms with Gasteiger partial charge in [0.1, 0.15) is 0 Å². The van der Waals surface area contributed by atoms with Gasteiger partial charge in [0.15, 0.2) is 15.8 Å². The van der Waals surface area contributed by atoms with Crippen LogP contribution in [0.5, 0.6) is 0 Å². The maximum atomic E-state index is 12.1. The van der Waals surface area contributed by atoms with E-state index in [0.29, 0.717) is 19.0 Å². The van der Waals surface area contributed by atoms with E-state index < -0.39 is 14.6 Å². The number of rotatable bonds is 5. The molecule has 1 heterocycles. The summed E-state index contributed by atoms with van der Waals surface area (Å²) in [6, 6.07) is 0. The van der Waals surface area contributed by atoms with Crippen molar-refractivity contribution >= 4 is 27.1 Å². The topological polar surface area (TPSA) is 74.7 Å². The predicted molar refractivity (Wildman–Crippen MR) is 93.2 cm³/mol. The minimum absolute atomic E-state index is 0.0825. The number of nitrogens with one attached hydrogen (secondary N) is 1. The summed E-state index contributed by atoms with van der Waals surface area (Å²) in [4.78, 5) is 10.5. The van der Waals surface area contributed by atoms with Crippen molar-refractivity contribution in [2.75, 3.05) is 26.4 Å². The Morgan fingerprint density at radius 3 is 2.55 bits per heavy atom. The van der Waals surface area contributed by atoms with Crippen LogP contribution in [0, 0.1) is 6.92 Å². The van der Waals surface area contributed by atoms with E-state index in [1.165, 1.54) is 0 Å². The van der Waals surface area contributed by atoms with Crippen molar-refractivity contribution in [1.82, 2.24) is 15.2 Å². The number of nitrogens with zero attached hydrogens (tertiary/aromatic N) is 3. The van der Waals surface area contributed by atoms with Crippen molar-refractivity contribution < 1.29 is 8.42 Å². The second-order valence-corrected chi connectivity index (χ2v) is 10.0. The second-order valence-electron chi connectivity index (χ2n) is 6.12. The highest BCUT2D eigenvalue weighted by Gasteiger charge is 2.28. The van der Waals surface area contributed by atoms with E-state index in [2.05, 4.69) is 15.3 Å². The summed E-state index contributed by atoms with van der Waals surface area (Å²) < 4.78 is 23.4. The van der Waals surface area contributed by atoms with Crippen LogP contribution in [0.4, 0.5) is 0 Å². The Kier molecular flexibility index (Phi) is 6.37. The van der Waals surface area contributed by atoms with E-state index in [1.807, 2.05) is 24.3 Å². The number of aliphatic imine (C=N–C) groups is 1. The average molecular weight is 347 g/mol. The third-order valence-electron chi connectivity index (χ3n) is 3.23. The van der Waals surface area contributed by atoms with Gasteiger partial charge in [-0.2, -0.15) is 0 Å². The first-order valence-electron chi connectivity index (χ1n) is 7.12. The fourth-order valence-electron chi connectivity index (χ4n) is 1.79. The van der Waals surface area contributed by atoms with Crippen molar-refractivity contribution in [2.45, 2.75) is 39.0 Å². The number of guanidine groups is 1. The highest BCUT2D eigenvalue weighted by molar-refractivity contribution is 7.92. The zero-order valence-electron chi connectivity index (χ0n) is 14.2. The highest BCUT2D eigenvalue weighted by Crippen LogP contribution is 2.15. The van der Waals surface area contributed by atoms with E-state index in [0.717, 1.165) is 10.7 Å². The number of hydrogen-bond acceptors (Lipinski definition) is 5. The molecule has 1 N–H and O–H groups in total. The first kappa shape index (κ1) is 18.9. The van der Waals surface area contributed by atoms with Gasteiger partial charge in [-0.1, -0.05) is 0 Å². The van der Waals surface area contributed by atoms with Gasteiger partial charge in [-0.05, 0) is 27.7 Å². The summed E-state index contributed by atoms with van der Waals surface area (Å²) in [5.41, 5.74) is 0.982. The molecule has 8 heteroatoms. The number of sulfone groups is 1. The van der Waals surface area contributed by atoms with E-state index in [9.17, 15) is 8.42 Å². The fraction of sp³-hybridized carbons (Fsp3) is 0.714. The SMILES string of the molecule is CN=C(NCCS(=O)(=O)C(C)(C)C)N(C)Cc1csc(C)n1. The molecule has 0 aromatic carbocycles. The Morgan fingerprint density at radius 1 is 1.45 bits per heavy atom. The lowest BCUT2D eigenvalue weighted by molar-refractivity contribution is 0.472. The molecule has 0 aliphatic carbocycles. The number of aryl methyl sites for hydroxylation is 1. The molecule has 0 aliphatic heterocycles. The Morgan fingerprint density at radius 2 is 2.09 bits per heavy atom. The van der Waals surface area contributed by atoms with E-state index >= 15 is 0 Å². The summed E-state index contributed by atoms with van der Waals surface area (Å²) >= 11 is 1.61. The smallest absolute Gasteiger partial charge is 0.193 e. The van der Waals surface area contributed by atoms with Crippen molar-refractivity contribution in [3.8, 4) is 0 Å². The van der Waals surface area contributed by atoms with Crippen LogP contribution in [0.2, 0.25) is 0 Å². The van der Waals surface area contributed by atoms with Gasteiger partial charge in [-0.3, -0.25) is 4.99 Å². The normalized spacial score (nSPS) is 13.3. The van der Waals surface area contributed by atoms with Gasteiger partial charge in [0.25, 0.3) is 0 Å². The van der Waals surface area contributed by atoms with Crippen molar-refractivity contribution in [2.24, 2.45) is 4.99 Å². The number of hydrogen-bond donors (Lipinski definition) is 1. The molecule has 0 radical (unpaired) electrons. The third-order valence-corrected chi connectivity index (χ3v) is 6.66. The molecule has 126 valence electrons. The predicted octanol–water partition coefficient (Wildman–Crippen LogP) is 1.67. The largest absolute Gasteiger partial charge is 0.355 e. The molecular formula is C14H26N4O2S2. The van der Waals surface area contributed by atoms with Crippen LogP contribution < -0.4 is 5.32 Å². The highest BCUT2D eigenvalue weighted by atomic mass is 32.2. The van der Waals surface area contributed by atoms with Gasteiger partial charge < -0.3 is 10.2 Å². The summed E-state index contributed by atoms with van der Waals surface area (Å²) in [5.74, 6) is 0.744. The Bertz CT molecular complexity index is 615. The van der Waals surface area contributed by atoms with Gasteiger partial charge in [-0.25, -0.2) is 13.4 Å². The minimum atomic E-state index is -3.13. The fourth-order valence-corrected chi connectivity index (χ4v) is 3.37. The molecule has 0 bridgehead atoms. The first-order valence-corrected chi connectivity index (χ1v) is 9.65. The van der Waals surface area contributed by atoms with Gasteiger partial charge in [0.05, 0.1) is 27.7 Å². The van der Waals surface area contributed by atoms with E-state index in [-0.39, 0.29) is 5.75 Å². The van der Waals surface area contributed by atoms with Crippen LogP contribution >= 0.6 is 11.3 Å². The monoisotopic (exact) mass is 346 g/mol. The summed E-state index contributed by atoms with van der Waals surface area (Å²) in [6.45, 7) is 8.09. The molecule has 0 saturated heterocycles. The minimum Gasteiger partial charge on any atom is -0.355 e. The molecule has 1 aromatic heterocycles. The molecule has 0 unspecified atom stereocenters. The second kappa shape index (κ2) is 7.41. The molecule has 1 aromatic rings. The molecule has 6 nitrogen and oxygen atoms in total. The average Bonchev–Trinajstić information content (AvgIpc) is 2.78. The first-order chi connectivity index (χ1) is 10.1. The summed E-state index contributed by atoms with van der Waals surface area (Å²) in [7, 11) is 0.459. The molecule has 1 rings (SSSR count). The van der Waals surface area contributed by atoms with E-state index in [1.54, 1.807) is 39.2 Å².